The topological polar surface area (TPSA) is 9.23 Å². The molecule has 1 unspecified atom stereocenters. The van der Waals surface area contributed by atoms with E-state index in [9.17, 15) is 22.0 Å². The van der Waals surface area contributed by atoms with Crippen molar-refractivity contribution < 1.29 is 26.7 Å². The van der Waals surface area contributed by atoms with Crippen molar-refractivity contribution in [1.29, 1.82) is 0 Å². The van der Waals surface area contributed by atoms with E-state index in [1.807, 2.05) is 0 Å². The summed E-state index contributed by atoms with van der Waals surface area (Å²) >= 11 is 0. The number of rotatable bonds is 8. The molecule has 2 aliphatic rings. The van der Waals surface area contributed by atoms with Gasteiger partial charge < -0.3 is 4.74 Å². The highest BCUT2D eigenvalue weighted by Gasteiger charge is 2.44. The second-order valence-electron chi connectivity index (χ2n) is 10.1. The smallest absolute Gasteiger partial charge is 0.400 e. The number of benzene rings is 2. The number of hydrogen-bond donors (Lipinski definition) is 0. The van der Waals surface area contributed by atoms with E-state index in [1.54, 1.807) is 5.57 Å². The maximum Gasteiger partial charge on any atom is 0.400 e. The molecule has 0 radical (unpaired) electrons. The van der Waals surface area contributed by atoms with Crippen molar-refractivity contribution in [3.05, 3.63) is 65.5 Å². The Balaban J connectivity index is 1.31. The molecule has 2 aromatic rings. The van der Waals surface area contributed by atoms with Crippen LogP contribution in [0, 0.1) is 35.2 Å². The van der Waals surface area contributed by atoms with Crippen molar-refractivity contribution in [2.24, 2.45) is 17.8 Å². The van der Waals surface area contributed by atoms with Crippen molar-refractivity contribution in [3.63, 3.8) is 0 Å². The largest absolute Gasteiger partial charge is 0.432 e. The molecule has 0 aliphatic heterocycles. The van der Waals surface area contributed by atoms with Crippen molar-refractivity contribution in [2.75, 3.05) is 0 Å². The van der Waals surface area contributed by atoms with Crippen LogP contribution in [0.15, 0.2) is 48.0 Å². The lowest BCUT2D eigenvalue weighted by molar-refractivity contribution is -0.224. The molecule has 4 rings (SSSR count). The molecular weight excluding hydrogens is 459 g/mol. The predicted octanol–water partition coefficient (Wildman–Crippen LogP) is 9.47. The molecule has 35 heavy (non-hydrogen) atoms. The summed E-state index contributed by atoms with van der Waals surface area (Å²) in [4.78, 5) is 0. The maximum atomic E-state index is 14.9. The first-order chi connectivity index (χ1) is 16.8. The van der Waals surface area contributed by atoms with Crippen LogP contribution >= 0.6 is 0 Å². The molecule has 6 heteroatoms. The molecule has 0 saturated heterocycles. The lowest BCUT2D eigenvalue weighted by Gasteiger charge is -2.37. The molecule has 0 aromatic heterocycles. The third-order valence-electron chi connectivity index (χ3n) is 7.74. The molecule has 2 aliphatic carbocycles. The molecule has 2 aromatic carbocycles. The molecule has 0 N–H and O–H groups in total. The molecular formula is C29H33F5O. The van der Waals surface area contributed by atoms with E-state index in [-0.39, 0.29) is 11.3 Å². The summed E-state index contributed by atoms with van der Waals surface area (Å²) < 4.78 is 75.1. The van der Waals surface area contributed by atoms with Gasteiger partial charge in [-0.25, -0.2) is 13.2 Å². The number of allylic oxidation sites excluding steroid dienone is 2. The predicted molar refractivity (Wildman–Crippen MR) is 128 cm³/mol. The summed E-state index contributed by atoms with van der Waals surface area (Å²) in [6.45, 7) is 2.21. The van der Waals surface area contributed by atoms with Crippen LogP contribution in [0.3, 0.4) is 0 Å². The Morgan fingerprint density at radius 1 is 0.857 bits per heavy atom. The Morgan fingerprint density at radius 3 is 2.09 bits per heavy atom. The zero-order valence-electron chi connectivity index (χ0n) is 20.1. The Morgan fingerprint density at radius 2 is 1.51 bits per heavy atom. The van der Waals surface area contributed by atoms with Gasteiger partial charge >= 0.3 is 6.11 Å². The lowest BCUT2D eigenvalue weighted by atomic mass is 9.71. The van der Waals surface area contributed by atoms with E-state index < -0.39 is 29.5 Å². The standard InChI is InChI=1S/C29H33F5O/c1-2-3-4-19-5-7-20(8-6-19)21-9-13-24(14-10-21)29(33,34)35-25-15-11-22(12-16-25)23-17-26(30)28(32)27(31)18-23/h5,11-12,15-18,20-21,24H,2-4,6-10,13-14H2,1H3. The van der Waals surface area contributed by atoms with E-state index in [1.165, 1.54) is 49.9 Å². The highest BCUT2D eigenvalue weighted by atomic mass is 19.3. The minimum atomic E-state index is -3.29. The summed E-state index contributed by atoms with van der Waals surface area (Å²) in [6, 6.07) is 7.29. The zero-order chi connectivity index (χ0) is 25.0. The number of ether oxygens (including phenoxy) is 1. The molecule has 1 atom stereocenters. The minimum absolute atomic E-state index is 0.0130. The second-order valence-corrected chi connectivity index (χ2v) is 10.1. The average Bonchev–Trinajstić information content (AvgIpc) is 2.86. The van der Waals surface area contributed by atoms with Crippen LogP contribution < -0.4 is 4.74 Å². The molecule has 0 heterocycles. The Labute approximate surface area is 204 Å². The fourth-order valence-corrected chi connectivity index (χ4v) is 5.57. The van der Waals surface area contributed by atoms with Crippen LogP contribution in [0.2, 0.25) is 0 Å². The quantitative estimate of drug-likeness (QED) is 0.203. The lowest BCUT2D eigenvalue weighted by Crippen LogP contribution is -2.38. The summed E-state index contributed by atoms with van der Waals surface area (Å²) in [5, 5.41) is 0. The maximum absolute atomic E-state index is 14.9. The summed E-state index contributed by atoms with van der Waals surface area (Å²) in [7, 11) is 0. The van der Waals surface area contributed by atoms with Gasteiger partial charge in [-0.1, -0.05) is 37.1 Å². The first kappa shape index (κ1) is 25.7. The van der Waals surface area contributed by atoms with Gasteiger partial charge in [0.1, 0.15) is 5.75 Å². The second kappa shape index (κ2) is 11.1. The number of unbranched alkanes of at least 4 members (excludes halogenated alkanes) is 1. The monoisotopic (exact) mass is 492 g/mol. The molecule has 190 valence electrons. The van der Waals surface area contributed by atoms with E-state index in [0.717, 1.165) is 37.8 Å². The van der Waals surface area contributed by atoms with Gasteiger partial charge in [-0.3, -0.25) is 0 Å². The first-order valence-corrected chi connectivity index (χ1v) is 12.8. The van der Waals surface area contributed by atoms with Crippen LogP contribution in [0.4, 0.5) is 22.0 Å². The molecule has 1 saturated carbocycles. The Bertz CT molecular complexity index is 999. The number of halogens is 5. The van der Waals surface area contributed by atoms with Gasteiger partial charge in [-0.2, -0.15) is 8.78 Å². The van der Waals surface area contributed by atoms with E-state index in [2.05, 4.69) is 13.0 Å². The summed E-state index contributed by atoms with van der Waals surface area (Å²) in [5.74, 6) is -3.89. The van der Waals surface area contributed by atoms with Crippen LogP contribution in [0.5, 0.6) is 5.75 Å². The normalized spacial score (nSPS) is 23.1. The van der Waals surface area contributed by atoms with Crippen molar-refractivity contribution in [2.45, 2.75) is 77.2 Å². The summed E-state index contributed by atoms with van der Waals surface area (Å²) in [5.41, 5.74) is 2.06. The third kappa shape index (κ3) is 6.25. The van der Waals surface area contributed by atoms with Gasteiger partial charge in [0.05, 0.1) is 5.92 Å². The fourth-order valence-electron chi connectivity index (χ4n) is 5.57. The van der Waals surface area contributed by atoms with Gasteiger partial charge in [-0.15, -0.1) is 0 Å². The van der Waals surface area contributed by atoms with Crippen LogP contribution in [-0.4, -0.2) is 6.11 Å². The van der Waals surface area contributed by atoms with E-state index >= 15 is 0 Å². The SMILES string of the molecule is CCCCC1=CCC(C2CCC(C(F)(F)Oc3ccc(-c4cc(F)c(F)c(F)c4)cc3)CC2)CC1. The van der Waals surface area contributed by atoms with E-state index in [4.69, 9.17) is 4.74 Å². The van der Waals surface area contributed by atoms with Gasteiger partial charge in [0, 0.05) is 0 Å². The molecule has 0 bridgehead atoms. The van der Waals surface area contributed by atoms with Crippen LogP contribution in [-0.2, 0) is 0 Å². The molecule has 0 spiro atoms. The van der Waals surface area contributed by atoms with Gasteiger partial charge in [0.2, 0.25) is 0 Å². The Hall–Kier alpha value is -2.37. The van der Waals surface area contributed by atoms with Gasteiger partial charge in [-0.05, 0) is 105 Å². The van der Waals surface area contributed by atoms with E-state index in [0.29, 0.717) is 30.2 Å². The number of hydrogen-bond acceptors (Lipinski definition) is 1. The van der Waals surface area contributed by atoms with Crippen molar-refractivity contribution >= 4 is 0 Å². The fraction of sp³-hybridized carbons (Fsp3) is 0.517. The highest BCUT2D eigenvalue weighted by Crippen LogP contribution is 2.45. The molecule has 1 nitrogen and oxygen atoms in total. The Kier molecular flexibility index (Phi) is 8.18. The van der Waals surface area contributed by atoms with Gasteiger partial charge in [0.25, 0.3) is 0 Å². The molecule has 0 amide bonds. The zero-order valence-corrected chi connectivity index (χ0v) is 20.1. The average molecular weight is 493 g/mol. The number of alkyl halides is 2. The first-order valence-electron chi connectivity index (χ1n) is 12.8. The van der Waals surface area contributed by atoms with Crippen molar-refractivity contribution in [3.8, 4) is 16.9 Å². The third-order valence-corrected chi connectivity index (χ3v) is 7.74. The van der Waals surface area contributed by atoms with Crippen LogP contribution in [0.25, 0.3) is 11.1 Å². The molecule has 1 fully saturated rings. The minimum Gasteiger partial charge on any atom is -0.432 e. The van der Waals surface area contributed by atoms with Crippen LogP contribution in [0.1, 0.15) is 71.1 Å². The highest BCUT2D eigenvalue weighted by molar-refractivity contribution is 5.64. The van der Waals surface area contributed by atoms with Gasteiger partial charge in [0.15, 0.2) is 17.5 Å². The summed E-state index contributed by atoms with van der Waals surface area (Å²) in [6.07, 6.45) is 8.62. The van der Waals surface area contributed by atoms with Crippen molar-refractivity contribution in [1.82, 2.24) is 0 Å².